The lowest BCUT2D eigenvalue weighted by atomic mass is 10.2. The van der Waals surface area contributed by atoms with Gasteiger partial charge in [-0.25, -0.2) is 12.8 Å². The van der Waals surface area contributed by atoms with Crippen molar-refractivity contribution in [2.75, 3.05) is 18.4 Å². The first-order valence-corrected chi connectivity index (χ1v) is 11.8. The third-order valence-electron chi connectivity index (χ3n) is 4.23. The van der Waals surface area contributed by atoms with Crippen LogP contribution in [0.25, 0.3) is 6.08 Å². The number of halogens is 1. The molecule has 0 fully saturated rings. The Morgan fingerprint density at radius 3 is 2.16 bits per heavy atom. The van der Waals surface area contributed by atoms with Crippen LogP contribution in [0.4, 0.5) is 10.1 Å². The topological polar surface area (TPSA) is 78.5 Å². The Balaban J connectivity index is 1.96. The number of hydrogen-bond donors (Lipinski definition) is 2. The van der Waals surface area contributed by atoms with Gasteiger partial charge >= 0.3 is 0 Å². The lowest BCUT2D eigenvalue weighted by Crippen LogP contribution is -2.33. The van der Waals surface area contributed by atoms with Crippen molar-refractivity contribution in [1.82, 2.24) is 9.62 Å². The van der Waals surface area contributed by atoms with Crippen molar-refractivity contribution in [1.29, 1.82) is 0 Å². The largest absolute Gasteiger partial charge is 0.332 e. The van der Waals surface area contributed by atoms with Crippen molar-refractivity contribution in [2.24, 2.45) is 0 Å². The van der Waals surface area contributed by atoms with Gasteiger partial charge < -0.3 is 5.32 Å². The minimum absolute atomic E-state index is 0.0722. The average Bonchev–Trinajstić information content (AvgIpc) is 2.73. The van der Waals surface area contributed by atoms with Crippen LogP contribution in [0.3, 0.4) is 0 Å². The van der Waals surface area contributed by atoms with Gasteiger partial charge in [0.1, 0.15) is 5.82 Å². The van der Waals surface area contributed by atoms with E-state index in [0.717, 1.165) is 12.8 Å². The van der Waals surface area contributed by atoms with Crippen molar-refractivity contribution < 1.29 is 17.6 Å². The second-order valence-corrected chi connectivity index (χ2v) is 9.10. The minimum atomic E-state index is -3.56. The molecule has 2 aromatic carbocycles. The average molecular weight is 464 g/mol. The SMILES string of the molecule is CCCN(CCC)S(=O)(=O)c1ccc(NC(=S)NC(=O)C=Cc2ccc(F)cc2)cc1. The maximum atomic E-state index is 12.9. The van der Waals surface area contributed by atoms with Gasteiger partial charge in [0.05, 0.1) is 4.90 Å². The minimum Gasteiger partial charge on any atom is -0.332 e. The van der Waals surface area contributed by atoms with E-state index in [-0.39, 0.29) is 15.8 Å². The van der Waals surface area contributed by atoms with E-state index in [1.807, 2.05) is 13.8 Å². The number of nitrogens with one attached hydrogen (secondary N) is 2. The summed E-state index contributed by atoms with van der Waals surface area (Å²) in [6.07, 6.45) is 4.30. The van der Waals surface area contributed by atoms with Crippen LogP contribution < -0.4 is 10.6 Å². The predicted octanol–water partition coefficient (Wildman–Crippen LogP) is 4.16. The number of rotatable bonds is 9. The van der Waals surface area contributed by atoms with Crippen molar-refractivity contribution in [3.05, 3.63) is 66.0 Å². The Bertz CT molecular complexity index is 1010. The van der Waals surface area contributed by atoms with Gasteiger partial charge in [-0.1, -0.05) is 26.0 Å². The summed E-state index contributed by atoms with van der Waals surface area (Å²) in [5.41, 5.74) is 1.22. The van der Waals surface area contributed by atoms with E-state index >= 15 is 0 Å². The van der Waals surface area contributed by atoms with Crippen LogP contribution in [0.15, 0.2) is 59.5 Å². The van der Waals surface area contributed by atoms with Crippen LogP contribution in [0.1, 0.15) is 32.3 Å². The second kappa shape index (κ2) is 11.7. The number of carbonyl (C=O) groups excluding carboxylic acids is 1. The molecule has 0 heterocycles. The molecule has 0 aliphatic rings. The van der Waals surface area contributed by atoms with E-state index < -0.39 is 15.9 Å². The van der Waals surface area contributed by atoms with E-state index in [4.69, 9.17) is 12.2 Å². The molecule has 9 heteroatoms. The summed E-state index contributed by atoms with van der Waals surface area (Å²) < 4.78 is 40.0. The van der Waals surface area contributed by atoms with E-state index in [1.54, 1.807) is 24.3 Å². The fraction of sp³-hybridized carbons (Fsp3) is 0.273. The molecular formula is C22H26FN3O3S2. The molecule has 166 valence electrons. The van der Waals surface area contributed by atoms with Crippen molar-refractivity contribution in [3.8, 4) is 0 Å². The van der Waals surface area contributed by atoms with Crippen LogP contribution in [0.2, 0.25) is 0 Å². The highest BCUT2D eigenvalue weighted by Gasteiger charge is 2.22. The summed E-state index contributed by atoms with van der Waals surface area (Å²) >= 11 is 5.12. The molecule has 0 bridgehead atoms. The molecule has 0 radical (unpaired) electrons. The Morgan fingerprint density at radius 2 is 1.61 bits per heavy atom. The summed E-state index contributed by atoms with van der Waals surface area (Å²) in [6.45, 7) is 4.82. The fourth-order valence-corrected chi connectivity index (χ4v) is 4.61. The number of hydrogen-bond acceptors (Lipinski definition) is 4. The van der Waals surface area contributed by atoms with Gasteiger partial charge in [0.2, 0.25) is 15.9 Å². The normalized spacial score (nSPS) is 11.6. The van der Waals surface area contributed by atoms with Crippen LogP contribution in [0.5, 0.6) is 0 Å². The van der Waals surface area contributed by atoms with Gasteiger partial charge in [-0.3, -0.25) is 10.1 Å². The molecule has 0 atom stereocenters. The second-order valence-electron chi connectivity index (χ2n) is 6.76. The van der Waals surface area contributed by atoms with Gasteiger partial charge in [0.15, 0.2) is 5.11 Å². The third-order valence-corrected chi connectivity index (χ3v) is 6.35. The number of thiocarbonyl (C=S) groups is 1. The monoisotopic (exact) mass is 463 g/mol. The van der Waals surface area contributed by atoms with Gasteiger partial charge in [-0.2, -0.15) is 4.31 Å². The summed E-state index contributed by atoms with van der Waals surface area (Å²) in [7, 11) is -3.56. The van der Waals surface area contributed by atoms with Crippen molar-refractivity contribution in [3.63, 3.8) is 0 Å². The molecular weight excluding hydrogens is 437 g/mol. The van der Waals surface area contributed by atoms with Gasteiger partial charge in [0, 0.05) is 24.9 Å². The summed E-state index contributed by atoms with van der Waals surface area (Å²) in [4.78, 5) is 12.2. The molecule has 0 spiro atoms. The summed E-state index contributed by atoms with van der Waals surface area (Å²) in [6, 6.07) is 11.9. The number of benzene rings is 2. The standard InChI is InChI=1S/C22H26FN3O3S2/c1-3-15-26(16-4-2)31(28,29)20-12-10-19(11-13-20)24-22(30)25-21(27)14-7-17-5-8-18(23)9-6-17/h5-14H,3-4,15-16H2,1-2H3,(H2,24,25,27,30). The summed E-state index contributed by atoms with van der Waals surface area (Å²) in [5, 5.41) is 5.42. The van der Waals surface area contributed by atoms with E-state index in [0.29, 0.717) is 24.3 Å². The zero-order valence-corrected chi connectivity index (χ0v) is 19.1. The molecule has 1 amide bonds. The molecule has 6 nitrogen and oxygen atoms in total. The van der Waals surface area contributed by atoms with Crippen molar-refractivity contribution >= 4 is 45.0 Å². The first-order valence-electron chi connectivity index (χ1n) is 9.92. The molecule has 0 aliphatic carbocycles. The lowest BCUT2D eigenvalue weighted by Gasteiger charge is -2.21. The molecule has 0 saturated carbocycles. The molecule has 2 N–H and O–H groups in total. The smallest absolute Gasteiger partial charge is 0.250 e. The molecule has 0 aliphatic heterocycles. The maximum absolute atomic E-state index is 12.9. The quantitative estimate of drug-likeness (QED) is 0.431. The number of anilines is 1. The van der Waals surface area contributed by atoms with Gasteiger partial charge in [-0.05, 0) is 73.1 Å². The Hall–Kier alpha value is -2.62. The Morgan fingerprint density at radius 1 is 1.03 bits per heavy atom. The molecule has 2 rings (SSSR count). The third kappa shape index (κ3) is 7.54. The van der Waals surface area contributed by atoms with Crippen LogP contribution in [-0.2, 0) is 14.8 Å². The van der Waals surface area contributed by atoms with Crippen LogP contribution >= 0.6 is 12.2 Å². The zero-order chi connectivity index (χ0) is 22.9. The van der Waals surface area contributed by atoms with Crippen LogP contribution in [-0.4, -0.2) is 36.8 Å². The van der Waals surface area contributed by atoms with Crippen LogP contribution in [0, 0.1) is 5.82 Å². The van der Waals surface area contributed by atoms with Crippen molar-refractivity contribution in [2.45, 2.75) is 31.6 Å². The molecule has 0 unspecified atom stereocenters. The Labute approximate surface area is 188 Å². The fourth-order valence-electron chi connectivity index (χ4n) is 2.77. The highest BCUT2D eigenvalue weighted by Crippen LogP contribution is 2.19. The molecule has 2 aromatic rings. The highest BCUT2D eigenvalue weighted by molar-refractivity contribution is 7.89. The molecule has 31 heavy (non-hydrogen) atoms. The van der Waals surface area contributed by atoms with E-state index in [2.05, 4.69) is 10.6 Å². The summed E-state index contributed by atoms with van der Waals surface area (Å²) in [5.74, 6) is -0.801. The first-order chi connectivity index (χ1) is 14.8. The Kier molecular flexibility index (Phi) is 9.29. The predicted molar refractivity (Wildman–Crippen MR) is 126 cm³/mol. The first kappa shape index (κ1) is 24.6. The molecule has 0 saturated heterocycles. The number of sulfonamides is 1. The van der Waals surface area contributed by atoms with Gasteiger partial charge in [0.25, 0.3) is 0 Å². The van der Waals surface area contributed by atoms with Gasteiger partial charge in [-0.15, -0.1) is 0 Å². The maximum Gasteiger partial charge on any atom is 0.250 e. The number of carbonyl (C=O) groups is 1. The van der Waals surface area contributed by atoms with E-state index in [1.165, 1.54) is 40.7 Å². The number of amides is 1. The number of nitrogens with zero attached hydrogens (tertiary/aromatic N) is 1. The lowest BCUT2D eigenvalue weighted by molar-refractivity contribution is -0.115. The zero-order valence-electron chi connectivity index (χ0n) is 17.5. The highest BCUT2D eigenvalue weighted by atomic mass is 32.2. The molecule has 0 aromatic heterocycles. The van der Waals surface area contributed by atoms with E-state index in [9.17, 15) is 17.6 Å².